The lowest BCUT2D eigenvalue weighted by Gasteiger charge is -1.95. The van der Waals surface area contributed by atoms with Gasteiger partial charge in [-0.1, -0.05) is 12.1 Å². The molecule has 3 nitrogen and oxygen atoms in total. The standard InChI is InChI=1S/C10H11NO2/c1-8(10(12)13)4-5-9-3-2-6-11-7-9/h2-4,6-7H,5H2,1H3,(H,12,13). The molecule has 0 saturated carbocycles. The van der Waals surface area contributed by atoms with Gasteiger partial charge in [0.25, 0.3) is 0 Å². The SMILES string of the molecule is CC(=CCc1cccnc1)C(=O)O. The molecule has 0 amide bonds. The lowest BCUT2D eigenvalue weighted by atomic mass is 10.1. The lowest BCUT2D eigenvalue weighted by Crippen LogP contribution is -1.96. The number of pyridine rings is 1. The molecule has 0 fully saturated rings. The summed E-state index contributed by atoms with van der Waals surface area (Å²) in [6.45, 7) is 1.58. The van der Waals surface area contributed by atoms with Gasteiger partial charge in [-0.05, 0) is 25.0 Å². The van der Waals surface area contributed by atoms with Crippen molar-refractivity contribution in [3.63, 3.8) is 0 Å². The Morgan fingerprint density at radius 2 is 2.46 bits per heavy atom. The van der Waals surface area contributed by atoms with Crippen LogP contribution in [0.25, 0.3) is 0 Å². The van der Waals surface area contributed by atoms with Gasteiger partial charge >= 0.3 is 5.97 Å². The predicted molar refractivity (Wildman–Crippen MR) is 49.3 cm³/mol. The minimum absolute atomic E-state index is 0.365. The summed E-state index contributed by atoms with van der Waals surface area (Å²) in [5.41, 5.74) is 1.38. The van der Waals surface area contributed by atoms with E-state index in [0.717, 1.165) is 5.56 Å². The molecule has 0 radical (unpaired) electrons. The number of carboxylic acids is 1. The van der Waals surface area contributed by atoms with E-state index in [2.05, 4.69) is 4.98 Å². The zero-order valence-corrected chi connectivity index (χ0v) is 7.40. The number of carboxylic acid groups (broad SMARTS) is 1. The zero-order chi connectivity index (χ0) is 9.68. The number of aliphatic carboxylic acids is 1. The average molecular weight is 177 g/mol. The molecule has 0 aliphatic rings. The van der Waals surface area contributed by atoms with Crippen LogP contribution in [-0.4, -0.2) is 16.1 Å². The summed E-state index contributed by atoms with van der Waals surface area (Å²) in [4.78, 5) is 14.4. The van der Waals surface area contributed by atoms with Gasteiger partial charge in [0.05, 0.1) is 0 Å². The summed E-state index contributed by atoms with van der Waals surface area (Å²) in [6.07, 6.45) is 5.72. The van der Waals surface area contributed by atoms with E-state index in [9.17, 15) is 4.79 Å². The van der Waals surface area contributed by atoms with Crippen molar-refractivity contribution in [1.29, 1.82) is 0 Å². The number of allylic oxidation sites excluding steroid dienone is 1. The fourth-order valence-electron chi connectivity index (χ4n) is 0.877. The van der Waals surface area contributed by atoms with Gasteiger partial charge in [-0.2, -0.15) is 0 Å². The second kappa shape index (κ2) is 4.40. The number of aromatic nitrogens is 1. The van der Waals surface area contributed by atoms with Crippen molar-refractivity contribution in [1.82, 2.24) is 4.98 Å². The normalized spacial score (nSPS) is 11.3. The van der Waals surface area contributed by atoms with Crippen molar-refractivity contribution < 1.29 is 9.90 Å². The Kier molecular flexibility index (Phi) is 3.20. The van der Waals surface area contributed by atoms with Gasteiger partial charge in [0, 0.05) is 18.0 Å². The summed E-state index contributed by atoms with van der Waals surface area (Å²) in [5, 5.41) is 8.58. The molecule has 3 heteroatoms. The maximum absolute atomic E-state index is 10.4. The van der Waals surface area contributed by atoms with Crippen LogP contribution in [0.2, 0.25) is 0 Å². The lowest BCUT2D eigenvalue weighted by molar-refractivity contribution is -0.132. The zero-order valence-electron chi connectivity index (χ0n) is 7.40. The molecule has 1 rings (SSSR count). The van der Waals surface area contributed by atoms with E-state index in [4.69, 9.17) is 5.11 Å². The maximum atomic E-state index is 10.4. The Labute approximate surface area is 76.7 Å². The molecular weight excluding hydrogens is 166 g/mol. The van der Waals surface area contributed by atoms with Crippen LogP contribution in [0, 0.1) is 0 Å². The number of rotatable bonds is 3. The molecule has 1 N–H and O–H groups in total. The average Bonchev–Trinajstić information content (AvgIpc) is 2.15. The highest BCUT2D eigenvalue weighted by Crippen LogP contribution is 2.01. The largest absolute Gasteiger partial charge is 0.478 e. The molecule has 0 bridgehead atoms. The molecule has 1 heterocycles. The van der Waals surface area contributed by atoms with Crippen LogP contribution >= 0.6 is 0 Å². The Morgan fingerprint density at radius 3 is 3.00 bits per heavy atom. The van der Waals surface area contributed by atoms with E-state index in [1.165, 1.54) is 0 Å². The molecule has 1 aromatic rings. The minimum atomic E-state index is -0.871. The molecule has 0 aromatic carbocycles. The van der Waals surface area contributed by atoms with Crippen LogP contribution in [0.1, 0.15) is 12.5 Å². The number of hydrogen-bond acceptors (Lipinski definition) is 2. The van der Waals surface area contributed by atoms with Crippen LogP contribution in [0.5, 0.6) is 0 Å². The molecule has 1 aromatic heterocycles. The van der Waals surface area contributed by atoms with E-state index in [1.807, 2.05) is 12.1 Å². The third-order valence-corrected chi connectivity index (χ3v) is 1.70. The van der Waals surface area contributed by atoms with Gasteiger partial charge in [-0.3, -0.25) is 4.98 Å². The van der Waals surface area contributed by atoms with E-state index >= 15 is 0 Å². The summed E-state index contributed by atoms with van der Waals surface area (Å²) in [5.74, 6) is -0.871. The van der Waals surface area contributed by atoms with Gasteiger partial charge in [-0.25, -0.2) is 4.79 Å². The van der Waals surface area contributed by atoms with Crippen molar-refractivity contribution in [2.75, 3.05) is 0 Å². The van der Waals surface area contributed by atoms with Crippen molar-refractivity contribution in [2.45, 2.75) is 13.3 Å². The van der Waals surface area contributed by atoms with Gasteiger partial charge < -0.3 is 5.11 Å². The molecule has 0 unspecified atom stereocenters. The first-order chi connectivity index (χ1) is 6.20. The van der Waals surface area contributed by atoms with Gasteiger partial charge in [0.2, 0.25) is 0 Å². The number of hydrogen-bond donors (Lipinski definition) is 1. The molecule has 0 spiro atoms. The smallest absolute Gasteiger partial charge is 0.330 e. The van der Waals surface area contributed by atoms with E-state index in [-0.39, 0.29) is 0 Å². The number of carbonyl (C=O) groups is 1. The molecule has 13 heavy (non-hydrogen) atoms. The van der Waals surface area contributed by atoms with E-state index < -0.39 is 5.97 Å². The topological polar surface area (TPSA) is 50.2 Å². The molecular formula is C10H11NO2. The van der Waals surface area contributed by atoms with Crippen LogP contribution in [0.4, 0.5) is 0 Å². The predicted octanol–water partition coefficient (Wildman–Crippen LogP) is 1.66. The van der Waals surface area contributed by atoms with E-state index in [1.54, 1.807) is 25.4 Å². The van der Waals surface area contributed by atoms with Gasteiger partial charge in [-0.15, -0.1) is 0 Å². The third kappa shape index (κ3) is 3.07. The van der Waals surface area contributed by atoms with Crippen LogP contribution < -0.4 is 0 Å². The van der Waals surface area contributed by atoms with Gasteiger partial charge in [0.15, 0.2) is 0 Å². The van der Waals surface area contributed by atoms with E-state index in [0.29, 0.717) is 12.0 Å². The first-order valence-corrected chi connectivity index (χ1v) is 3.99. The Bertz CT molecular complexity index is 317. The van der Waals surface area contributed by atoms with Crippen molar-refractivity contribution in [3.05, 3.63) is 41.7 Å². The summed E-state index contributed by atoms with van der Waals surface area (Å²) in [6, 6.07) is 3.75. The first-order valence-electron chi connectivity index (χ1n) is 3.99. The Morgan fingerprint density at radius 1 is 1.69 bits per heavy atom. The van der Waals surface area contributed by atoms with Crippen molar-refractivity contribution in [3.8, 4) is 0 Å². The van der Waals surface area contributed by atoms with Gasteiger partial charge in [0.1, 0.15) is 0 Å². The Hall–Kier alpha value is -1.64. The summed E-state index contributed by atoms with van der Waals surface area (Å²) < 4.78 is 0. The third-order valence-electron chi connectivity index (χ3n) is 1.70. The van der Waals surface area contributed by atoms with Crippen LogP contribution in [0.15, 0.2) is 36.2 Å². The van der Waals surface area contributed by atoms with Crippen LogP contribution in [0.3, 0.4) is 0 Å². The molecule has 0 atom stereocenters. The molecule has 0 aliphatic carbocycles. The molecule has 0 aliphatic heterocycles. The monoisotopic (exact) mass is 177 g/mol. The highest BCUT2D eigenvalue weighted by Gasteiger charge is 1.98. The van der Waals surface area contributed by atoms with Crippen molar-refractivity contribution >= 4 is 5.97 Å². The fraction of sp³-hybridized carbons (Fsp3) is 0.200. The minimum Gasteiger partial charge on any atom is -0.478 e. The highest BCUT2D eigenvalue weighted by molar-refractivity contribution is 5.85. The second-order valence-electron chi connectivity index (χ2n) is 2.76. The quantitative estimate of drug-likeness (QED) is 0.714. The van der Waals surface area contributed by atoms with Crippen molar-refractivity contribution in [2.24, 2.45) is 0 Å². The maximum Gasteiger partial charge on any atom is 0.330 e. The second-order valence-corrected chi connectivity index (χ2v) is 2.76. The number of nitrogens with zero attached hydrogens (tertiary/aromatic N) is 1. The first kappa shape index (κ1) is 9.45. The fourth-order valence-corrected chi connectivity index (χ4v) is 0.877. The summed E-state index contributed by atoms with van der Waals surface area (Å²) in [7, 11) is 0. The van der Waals surface area contributed by atoms with Crippen LogP contribution in [-0.2, 0) is 11.2 Å². The molecule has 68 valence electrons. The summed E-state index contributed by atoms with van der Waals surface area (Å²) >= 11 is 0. The molecule has 0 saturated heterocycles. The Balaban J connectivity index is 2.62. The highest BCUT2D eigenvalue weighted by atomic mass is 16.4.